The molecule has 3 heteroatoms. The molecule has 1 saturated heterocycles. The number of carbonyl (C=O) groups excluding carboxylic acids is 1. The van der Waals surface area contributed by atoms with E-state index in [1.165, 1.54) is 0 Å². The minimum absolute atomic E-state index is 0.0650. The highest BCUT2D eigenvalue weighted by molar-refractivity contribution is 5.84. The molecule has 1 fully saturated rings. The first kappa shape index (κ1) is 10.0. The molecule has 1 aromatic carbocycles. The zero-order valence-corrected chi connectivity index (χ0v) is 9.10. The molecule has 0 spiro atoms. The minimum Gasteiger partial charge on any atom is -0.282 e. The Morgan fingerprint density at radius 2 is 2.00 bits per heavy atom. The van der Waals surface area contributed by atoms with Crippen molar-refractivity contribution in [2.75, 3.05) is 5.01 Å². The number of rotatable bonds is 2. The van der Waals surface area contributed by atoms with Gasteiger partial charge in [-0.05, 0) is 18.6 Å². The van der Waals surface area contributed by atoms with Gasteiger partial charge in [0, 0.05) is 0 Å². The maximum atomic E-state index is 11.6. The van der Waals surface area contributed by atoms with Crippen LogP contribution in [0.3, 0.4) is 0 Å². The molecule has 1 N–H and O–H groups in total. The Morgan fingerprint density at radius 3 is 2.60 bits per heavy atom. The molecule has 2 unspecified atom stereocenters. The summed E-state index contributed by atoms with van der Waals surface area (Å²) >= 11 is 0. The molecule has 1 heterocycles. The van der Waals surface area contributed by atoms with Gasteiger partial charge in [-0.25, -0.2) is 0 Å². The number of nitrogens with one attached hydrogen (secondary N) is 1. The van der Waals surface area contributed by atoms with E-state index in [1.54, 1.807) is 0 Å². The van der Waals surface area contributed by atoms with Gasteiger partial charge in [-0.3, -0.25) is 15.2 Å². The lowest BCUT2D eigenvalue weighted by Crippen LogP contribution is -2.38. The Balaban J connectivity index is 2.27. The van der Waals surface area contributed by atoms with Gasteiger partial charge < -0.3 is 0 Å². The van der Waals surface area contributed by atoms with Gasteiger partial charge in [0.05, 0.1) is 17.6 Å². The van der Waals surface area contributed by atoms with E-state index >= 15 is 0 Å². The molecule has 80 valence electrons. The highest BCUT2D eigenvalue weighted by Gasteiger charge is 2.36. The van der Waals surface area contributed by atoms with Gasteiger partial charge in [0.2, 0.25) is 5.91 Å². The van der Waals surface area contributed by atoms with Crippen LogP contribution in [-0.2, 0) is 4.79 Å². The van der Waals surface area contributed by atoms with Crippen molar-refractivity contribution in [1.82, 2.24) is 5.43 Å². The smallest absolute Gasteiger partial charge is 0.243 e. The van der Waals surface area contributed by atoms with Gasteiger partial charge in [0.1, 0.15) is 0 Å². The van der Waals surface area contributed by atoms with E-state index in [0.29, 0.717) is 0 Å². The molecule has 2 atom stereocenters. The standard InChI is InChI=1S/C12H16N2O/c1-3-11-9(2)12(15)13-14(11)10-7-5-4-6-8-10/h4-9,11H,3H2,1-2H3,(H,13,15). The maximum Gasteiger partial charge on any atom is 0.243 e. The van der Waals surface area contributed by atoms with Gasteiger partial charge in [-0.1, -0.05) is 32.0 Å². The molecule has 1 amide bonds. The number of benzene rings is 1. The van der Waals surface area contributed by atoms with Gasteiger partial charge in [0.15, 0.2) is 0 Å². The lowest BCUT2D eigenvalue weighted by atomic mass is 10.0. The van der Waals surface area contributed by atoms with Gasteiger partial charge >= 0.3 is 0 Å². The average Bonchev–Trinajstić information content (AvgIpc) is 2.56. The van der Waals surface area contributed by atoms with Crippen LogP contribution >= 0.6 is 0 Å². The van der Waals surface area contributed by atoms with Crippen molar-refractivity contribution in [1.29, 1.82) is 0 Å². The second-order valence-corrected chi connectivity index (χ2v) is 3.95. The van der Waals surface area contributed by atoms with Crippen LogP contribution < -0.4 is 10.4 Å². The highest BCUT2D eigenvalue weighted by atomic mass is 16.2. The van der Waals surface area contributed by atoms with Crippen molar-refractivity contribution in [2.24, 2.45) is 5.92 Å². The third kappa shape index (κ3) is 1.69. The van der Waals surface area contributed by atoms with E-state index in [2.05, 4.69) is 12.3 Å². The van der Waals surface area contributed by atoms with Crippen LogP contribution in [0.4, 0.5) is 5.69 Å². The minimum atomic E-state index is 0.0650. The predicted molar refractivity (Wildman–Crippen MR) is 60.3 cm³/mol. The molecule has 0 saturated carbocycles. The Labute approximate surface area is 90.1 Å². The summed E-state index contributed by atoms with van der Waals surface area (Å²) < 4.78 is 0. The number of hydrogen-bond donors (Lipinski definition) is 1. The second-order valence-electron chi connectivity index (χ2n) is 3.95. The van der Waals surface area contributed by atoms with E-state index in [1.807, 2.05) is 42.3 Å². The normalized spacial score (nSPS) is 25.5. The third-order valence-electron chi connectivity index (χ3n) is 3.01. The summed E-state index contributed by atoms with van der Waals surface area (Å²) in [6.07, 6.45) is 0.967. The van der Waals surface area contributed by atoms with Crippen molar-refractivity contribution < 1.29 is 4.79 Å². The summed E-state index contributed by atoms with van der Waals surface area (Å²) in [5.74, 6) is 0.181. The molecule has 1 aliphatic rings. The SMILES string of the molecule is CCC1C(C)C(=O)NN1c1ccccc1. The molecule has 0 aromatic heterocycles. The molecule has 15 heavy (non-hydrogen) atoms. The molecule has 0 aliphatic carbocycles. The number of nitrogens with zero attached hydrogens (tertiary/aromatic N) is 1. The van der Waals surface area contributed by atoms with Gasteiger partial charge in [0.25, 0.3) is 0 Å². The molecule has 3 nitrogen and oxygen atoms in total. The summed E-state index contributed by atoms with van der Waals surface area (Å²) in [6.45, 7) is 4.09. The lowest BCUT2D eigenvalue weighted by Gasteiger charge is -2.25. The van der Waals surface area contributed by atoms with Gasteiger partial charge in [-0.15, -0.1) is 0 Å². The first-order valence-corrected chi connectivity index (χ1v) is 5.38. The van der Waals surface area contributed by atoms with E-state index in [0.717, 1.165) is 12.1 Å². The largest absolute Gasteiger partial charge is 0.282 e. The fourth-order valence-electron chi connectivity index (χ4n) is 2.08. The maximum absolute atomic E-state index is 11.6. The second kappa shape index (κ2) is 3.93. The molecular formula is C12H16N2O. The van der Waals surface area contributed by atoms with Crippen LogP contribution in [0.1, 0.15) is 20.3 Å². The molecular weight excluding hydrogens is 188 g/mol. The van der Waals surface area contributed by atoms with Crippen molar-refractivity contribution in [3.63, 3.8) is 0 Å². The predicted octanol–water partition coefficient (Wildman–Crippen LogP) is 1.95. The summed E-state index contributed by atoms with van der Waals surface area (Å²) in [4.78, 5) is 11.6. The van der Waals surface area contributed by atoms with Crippen molar-refractivity contribution >= 4 is 11.6 Å². The van der Waals surface area contributed by atoms with Crippen LogP contribution in [0.25, 0.3) is 0 Å². The third-order valence-corrected chi connectivity index (χ3v) is 3.01. The summed E-state index contributed by atoms with van der Waals surface area (Å²) in [5, 5.41) is 1.98. The zero-order chi connectivity index (χ0) is 10.8. The number of carbonyl (C=O) groups is 1. The molecule has 1 aliphatic heterocycles. The van der Waals surface area contributed by atoms with Crippen molar-refractivity contribution in [3.8, 4) is 0 Å². The van der Waals surface area contributed by atoms with E-state index in [9.17, 15) is 4.79 Å². The molecule has 0 radical (unpaired) electrons. The Kier molecular flexibility index (Phi) is 2.62. The lowest BCUT2D eigenvalue weighted by molar-refractivity contribution is -0.122. The fourth-order valence-corrected chi connectivity index (χ4v) is 2.08. The Morgan fingerprint density at radius 1 is 1.33 bits per heavy atom. The van der Waals surface area contributed by atoms with E-state index in [4.69, 9.17) is 0 Å². The van der Waals surface area contributed by atoms with Crippen LogP contribution in [0, 0.1) is 5.92 Å². The van der Waals surface area contributed by atoms with Crippen LogP contribution in [0.5, 0.6) is 0 Å². The number of hydrogen-bond acceptors (Lipinski definition) is 2. The number of anilines is 1. The highest BCUT2D eigenvalue weighted by Crippen LogP contribution is 2.25. The number of para-hydroxylation sites is 1. The first-order valence-electron chi connectivity index (χ1n) is 5.38. The quantitative estimate of drug-likeness (QED) is 0.798. The van der Waals surface area contributed by atoms with E-state index in [-0.39, 0.29) is 17.9 Å². The molecule has 2 rings (SSSR count). The summed E-state index contributed by atoms with van der Waals surface area (Å²) in [7, 11) is 0. The van der Waals surface area contributed by atoms with Gasteiger partial charge in [-0.2, -0.15) is 0 Å². The van der Waals surface area contributed by atoms with Crippen molar-refractivity contribution in [2.45, 2.75) is 26.3 Å². The molecule has 0 bridgehead atoms. The van der Waals surface area contributed by atoms with Crippen LogP contribution in [0.15, 0.2) is 30.3 Å². The Bertz CT molecular complexity index is 350. The summed E-state index contributed by atoms with van der Waals surface area (Å²) in [6, 6.07) is 10.2. The fraction of sp³-hybridized carbons (Fsp3) is 0.417. The van der Waals surface area contributed by atoms with E-state index < -0.39 is 0 Å². The first-order chi connectivity index (χ1) is 7.24. The number of amides is 1. The summed E-state index contributed by atoms with van der Waals surface area (Å²) in [5.41, 5.74) is 3.97. The van der Waals surface area contributed by atoms with Crippen LogP contribution in [0.2, 0.25) is 0 Å². The number of hydrazine groups is 1. The topological polar surface area (TPSA) is 32.3 Å². The average molecular weight is 204 g/mol. The monoisotopic (exact) mass is 204 g/mol. The van der Waals surface area contributed by atoms with Crippen molar-refractivity contribution in [3.05, 3.63) is 30.3 Å². The molecule has 1 aromatic rings. The van der Waals surface area contributed by atoms with Crippen LogP contribution in [-0.4, -0.2) is 11.9 Å². The zero-order valence-electron chi connectivity index (χ0n) is 9.10. The Hall–Kier alpha value is -1.51.